The monoisotopic (exact) mass is 254 g/mol. The quantitative estimate of drug-likeness (QED) is 0.809. The molecule has 2 aromatic rings. The lowest BCUT2D eigenvalue weighted by atomic mass is 10.1. The van der Waals surface area contributed by atoms with Gasteiger partial charge in [-0.25, -0.2) is 0 Å². The molecule has 0 bridgehead atoms. The van der Waals surface area contributed by atoms with Gasteiger partial charge in [0.05, 0.1) is 0 Å². The Bertz CT molecular complexity index is 583. The Morgan fingerprint density at radius 3 is 2.84 bits per heavy atom. The van der Waals surface area contributed by atoms with Crippen LogP contribution in [0.1, 0.15) is 22.3 Å². The number of hydrogen-bond acceptors (Lipinski definition) is 1. The molecule has 1 aromatic carbocycles. The molecule has 98 valence electrons. The first-order valence-electron chi connectivity index (χ1n) is 6.30. The molecule has 0 radical (unpaired) electrons. The number of rotatable bonds is 4. The molecule has 0 fully saturated rings. The van der Waals surface area contributed by atoms with Crippen LogP contribution in [0, 0.1) is 13.8 Å². The van der Waals surface area contributed by atoms with Crippen LogP contribution in [0.5, 0.6) is 0 Å². The van der Waals surface area contributed by atoms with Crippen LogP contribution in [0.25, 0.3) is 6.08 Å². The first-order valence-corrected chi connectivity index (χ1v) is 6.30. The molecule has 0 unspecified atom stereocenters. The second-order valence-corrected chi connectivity index (χ2v) is 4.63. The third-order valence-corrected chi connectivity index (χ3v) is 2.97. The highest BCUT2D eigenvalue weighted by molar-refractivity contribution is 5.91. The van der Waals surface area contributed by atoms with E-state index in [2.05, 4.69) is 23.3 Å². The predicted molar refractivity (Wildman–Crippen MR) is 77.6 cm³/mol. The van der Waals surface area contributed by atoms with Crippen LogP contribution in [0.4, 0.5) is 0 Å². The van der Waals surface area contributed by atoms with Crippen molar-refractivity contribution < 1.29 is 4.79 Å². The van der Waals surface area contributed by atoms with Crippen molar-refractivity contribution in [1.82, 2.24) is 10.3 Å². The molecule has 3 nitrogen and oxygen atoms in total. The van der Waals surface area contributed by atoms with E-state index < -0.39 is 0 Å². The second-order valence-electron chi connectivity index (χ2n) is 4.63. The van der Waals surface area contributed by atoms with Crippen molar-refractivity contribution >= 4 is 12.0 Å². The number of aromatic amines is 1. The zero-order valence-electron chi connectivity index (χ0n) is 11.2. The van der Waals surface area contributed by atoms with Crippen LogP contribution in [-0.4, -0.2) is 10.9 Å². The molecular formula is C16H18N2O. The van der Waals surface area contributed by atoms with Gasteiger partial charge in [-0.2, -0.15) is 0 Å². The van der Waals surface area contributed by atoms with E-state index in [9.17, 15) is 4.79 Å². The molecule has 1 heterocycles. The number of carbonyl (C=O) groups excluding carboxylic acids is 1. The number of aryl methyl sites for hydroxylation is 2. The van der Waals surface area contributed by atoms with E-state index in [1.807, 2.05) is 43.6 Å². The average molecular weight is 254 g/mol. The Morgan fingerprint density at radius 1 is 1.32 bits per heavy atom. The maximum absolute atomic E-state index is 11.7. The zero-order chi connectivity index (χ0) is 13.7. The van der Waals surface area contributed by atoms with Crippen LogP contribution in [0.15, 0.2) is 42.7 Å². The molecule has 0 saturated heterocycles. The molecule has 0 saturated carbocycles. The number of nitrogens with one attached hydrogen (secondary N) is 2. The topological polar surface area (TPSA) is 44.9 Å². The summed E-state index contributed by atoms with van der Waals surface area (Å²) in [6.45, 7) is 4.65. The standard InChI is InChI=1S/C16H18N2O/c1-12-3-4-15(13(2)9-12)5-6-16(19)18-11-14-7-8-17-10-14/h3-10,17H,11H2,1-2H3,(H,18,19)/b6-5+. The van der Waals surface area contributed by atoms with Crippen molar-refractivity contribution in [3.63, 3.8) is 0 Å². The number of hydrogen-bond donors (Lipinski definition) is 2. The van der Waals surface area contributed by atoms with Gasteiger partial charge in [-0.3, -0.25) is 4.79 Å². The normalized spacial score (nSPS) is 10.8. The zero-order valence-corrected chi connectivity index (χ0v) is 11.2. The van der Waals surface area contributed by atoms with E-state index in [0.29, 0.717) is 6.54 Å². The fraction of sp³-hybridized carbons (Fsp3) is 0.188. The largest absolute Gasteiger partial charge is 0.367 e. The summed E-state index contributed by atoms with van der Waals surface area (Å²) < 4.78 is 0. The van der Waals surface area contributed by atoms with Gasteiger partial charge in [-0.1, -0.05) is 23.8 Å². The highest BCUT2D eigenvalue weighted by Crippen LogP contribution is 2.11. The Hall–Kier alpha value is -2.29. The molecule has 1 aromatic heterocycles. The highest BCUT2D eigenvalue weighted by Gasteiger charge is 1.98. The molecule has 0 aliphatic rings. The van der Waals surface area contributed by atoms with Gasteiger partial charge in [0.15, 0.2) is 0 Å². The maximum Gasteiger partial charge on any atom is 0.244 e. The summed E-state index contributed by atoms with van der Waals surface area (Å²) in [5.74, 6) is -0.0822. The Balaban J connectivity index is 1.92. The number of amides is 1. The lowest BCUT2D eigenvalue weighted by Crippen LogP contribution is -2.19. The fourth-order valence-electron chi connectivity index (χ4n) is 1.89. The van der Waals surface area contributed by atoms with Crippen molar-refractivity contribution in [1.29, 1.82) is 0 Å². The summed E-state index contributed by atoms with van der Waals surface area (Å²) in [4.78, 5) is 14.6. The van der Waals surface area contributed by atoms with Crippen LogP contribution >= 0.6 is 0 Å². The predicted octanol–water partition coefficient (Wildman–Crippen LogP) is 2.96. The first-order chi connectivity index (χ1) is 9.15. The van der Waals surface area contributed by atoms with Crippen molar-refractivity contribution in [2.24, 2.45) is 0 Å². The summed E-state index contributed by atoms with van der Waals surface area (Å²) in [7, 11) is 0. The minimum absolute atomic E-state index is 0.0822. The van der Waals surface area contributed by atoms with Crippen LogP contribution in [-0.2, 0) is 11.3 Å². The number of H-pyrrole nitrogens is 1. The van der Waals surface area contributed by atoms with Gasteiger partial charge >= 0.3 is 0 Å². The van der Waals surface area contributed by atoms with Crippen LogP contribution < -0.4 is 5.32 Å². The van der Waals surface area contributed by atoms with Gasteiger partial charge in [0.1, 0.15) is 0 Å². The SMILES string of the molecule is Cc1ccc(/C=C/C(=O)NCc2cc[nH]c2)c(C)c1. The lowest BCUT2D eigenvalue weighted by molar-refractivity contribution is -0.116. The second kappa shape index (κ2) is 6.05. The van der Waals surface area contributed by atoms with Crippen LogP contribution in [0.2, 0.25) is 0 Å². The number of aromatic nitrogens is 1. The number of benzene rings is 1. The lowest BCUT2D eigenvalue weighted by Gasteiger charge is -2.02. The molecule has 1 amide bonds. The Labute approximate surface area is 113 Å². The third kappa shape index (κ3) is 3.85. The van der Waals surface area contributed by atoms with E-state index in [1.165, 1.54) is 11.1 Å². The Kier molecular flexibility index (Phi) is 4.18. The molecule has 0 aliphatic heterocycles. The summed E-state index contributed by atoms with van der Waals surface area (Å²) in [5.41, 5.74) is 4.54. The molecule has 0 spiro atoms. The van der Waals surface area contributed by atoms with Gasteiger partial charge in [0.2, 0.25) is 5.91 Å². The van der Waals surface area contributed by atoms with E-state index in [-0.39, 0.29) is 5.91 Å². The molecule has 0 aliphatic carbocycles. The average Bonchev–Trinajstić information content (AvgIpc) is 2.88. The van der Waals surface area contributed by atoms with Crippen molar-refractivity contribution in [2.45, 2.75) is 20.4 Å². The maximum atomic E-state index is 11.7. The summed E-state index contributed by atoms with van der Waals surface area (Å²) in [6, 6.07) is 8.12. The van der Waals surface area contributed by atoms with E-state index >= 15 is 0 Å². The van der Waals surface area contributed by atoms with Crippen molar-refractivity contribution in [2.75, 3.05) is 0 Å². The minimum atomic E-state index is -0.0822. The molecular weight excluding hydrogens is 236 g/mol. The van der Waals surface area contributed by atoms with Gasteiger partial charge in [0.25, 0.3) is 0 Å². The van der Waals surface area contributed by atoms with E-state index in [1.54, 1.807) is 6.08 Å². The molecule has 2 N–H and O–H groups in total. The summed E-state index contributed by atoms with van der Waals surface area (Å²) in [5, 5.41) is 2.84. The van der Waals surface area contributed by atoms with Crippen molar-refractivity contribution in [3.8, 4) is 0 Å². The van der Waals surface area contributed by atoms with Crippen LogP contribution in [0.3, 0.4) is 0 Å². The van der Waals surface area contributed by atoms with E-state index in [0.717, 1.165) is 11.1 Å². The molecule has 3 heteroatoms. The van der Waals surface area contributed by atoms with Gasteiger partial charge < -0.3 is 10.3 Å². The van der Waals surface area contributed by atoms with Gasteiger partial charge in [0, 0.05) is 25.0 Å². The smallest absolute Gasteiger partial charge is 0.244 e. The van der Waals surface area contributed by atoms with E-state index in [4.69, 9.17) is 0 Å². The van der Waals surface area contributed by atoms with Crippen molar-refractivity contribution in [3.05, 3.63) is 65.0 Å². The third-order valence-electron chi connectivity index (χ3n) is 2.97. The number of carbonyl (C=O) groups is 1. The fourth-order valence-corrected chi connectivity index (χ4v) is 1.89. The van der Waals surface area contributed by atoms with Gasteiger partial charge in [-0.05, 0) is 42.7 Å². The Morgan fingerprint density at radius 2 is 2.16 bits per heavy atom. The molecule has 0 atom stereocenters. The summed E-state index contributed by atoms with van der Waals surface area (Å²) in [6.07, 6.45) is 7.13. The summed E-state index contributed by atoms with van der Waals surface area (Å²) >= 11 is 0. The highest BCUT2D eigenvalue weighted by atomic mass is 16.1. The minimum Gasteiger partial charge on any atom is -0.367 e. The van der Waals surface area contributed by atoms with Gasteiger partial charge in [-0.15, -0.1) is 0 Å². The first kappa shape index (κ1) is 13.1. The molecule has 19 heavy (non-hydrogen) atoms. The molecule has 2 rings (SSSR count).